The molecule has 0 radical (unpaired) electrons. The molecule has 0 saturated carbocycles. The lowest BCUT2D eigenvalue weighted by atomic mass is 9.98. The molecule has 0 spiro atoms. The highest BCUT2D eigenvalue weighted by atomic mass is 15.4. The fraction of sp³-hybridized carbons (Fsp3) is 0.667. The predicted molar refractivity (Wildman–Crippen MR) is 83.6 cm³/mol. The van der Waals surface area contributed by atoms with E-state index in [0.29, 0.717) is 17.7 Å². The smallest absolute Gasteiger partial charge is 0.254 e. The number of aromatic nitrogens is 4. The lowest BCUT2D eigenvalue weighted by Gasteiger charge is -2.34. The van der Waals surface area contributed by atoms with E-state index in [1.165, 1.54) is 12.8 Å². The molecule has 0 aliphatic carbocycles. The Labute approximate surface area is 125 Å². The molecule has 1 aliphatic rings. The van der Waals surface area contributed by atoms with Gasteiger partial charge in [0.25, 0.3) is 5.78 Å². The fourth-order valence-corrected chi connectivity index (χ4v) is 3.04. The van der Waals surface area contributed by atoms with E-state index in [4.69, 9.17) is 0 Å². The van der Waals surface area contributed by atoms with Crippen LogP contribution in [0.2, 0.25) is 0 Å². The first-order chi connectivity index (χ1) is 10.1. The molecule has 6 heteroatoms. The van der Waals surface area contributed by atoms with E-state index in [2.05, 4.69) is 45.2 Å². The van der Waals surface area contributed by atoms with E-state index in [-0.39, 0.29) is 0 Å². The van der Waals surface area contributed by atoms with Gasteiger partial charge in [0.15, 0.2) is 0 Å². The van der Waals surface area contributed by atoms with Gasteiger partial charge < -0.3 is 10.2 Å². The van der Waals surface area contributed by atoms with E-state index < -0.39 is 0 Å². The van der Waals surface area contributed by atoms with Gasteiger partial charge in [0, 0.05) is 24.3 Å². The Balaban J connectivity index is 1.93. The van der Waals surface area contributed by atoms with Gasteiger partial charge in [0.05, 0.1) is 0 Å². The summed E-state index contributed by atoms with van der Waals surface area (Å²) in [4.78, 5) is 11.1. The van der Waals surface area contributed by atoms with Crippen LogP contribution in [0.5, 0.6) is 0 Å². The highest BCUT2D eigenvalue weighted by Gasteiger charge is 2.22. The summed E-state index contributed by atoms with van der Waals surface area (Å²) in [5.74, 6) is 2.46. The van der Waals surface area contributed by atoms with Crippen LogP contribution in [-0.2, 0) is 0 Å². The monoisotopic (exact) mass is 288 g/mol. The minimum absolute atomic E-state index is 0.418. The SMILES string of the molecule is Cc1cc(N(CC2CCCNC2)C(C)C)n2ncnc2n1. The molecular formula is C15H24N6. The van der Waals surface area contributed by atoms with Gasteiger partial charge in [-0.1, -0.05) is 0 Å². The molecule has 2 aromatic heterocycles. The summed E-state index contributed by atoms with van der Waals surface area (Å²) in [5.41, 5.74) is 0.984. The largest absolute Gasteiger partial charge is 0.354 e. The lowest BCUT2D eigenvalue weighted by Crippen LogP contribution is -2.42. The average molecular weight is 288 g/mol. The maximum atomic E-state index is 4.44. The van der Waals surface area contributed by atoms with Crippen LogP contribution >= 0.6 is 0 Å². The molecule has 1 atom stereocenters. The number of anilines is 1. The number of hydrogen-bond acceptors (Lipinski definition) is 5. The number of nitrogens with one attached hydrogen (secondary N) is 1. The summed E-state index contributed by atoms with van der Waals surface area (Å²) < 4.78 is 1.85. The molecule has 0 amide bonds. The normalized spacial score (nSPS) is 19.3. The van der Waals surface area contributed by atoms with Crippen molar-refractivity contribution in [2.75, 3.05) is 24.5 Å². The molecule has 0 bridgehead atoms. The van der Waals surface area contributed by atoms with Crippen molar-refractivity contribution in [3.05, 3.63) is 18.1 Å². The van der Waals surface area contributed by atoms with Crippen molar-refractivity contribution in [1.29, 1.82) is 0 Å². The zero-order chi connectivity index (χ0) is 14.8. The highest BCUT2D eigenvalue weighted by Crippen LogP contribution is 2.22. The number of piperidine rings is 1. The quantitative estimate of drug-likeness (QED) is 0.927. The van der Waals surface area contributed by atoms with Crippen molar-refractivity contribution in [2.24, 2.45) is 5.92 Å². The van der Waals surface area contributed by atoms with Crippen LogP contribution in [0.25, 0.3) is 5.78 Å². The molecule has 3 heterocycles. The highest BCUT2D eigenvalue weighted by molar-refractivity contribution is 5.47. The van der Waals surface area contributed by atoms with Crippen LogP contribution in [-0.4, -0.2) is 45.3 Å². The van der Waals surface area contributed by atoms with Crippen molar-refractivity contribution in [3.63, 3.8) is 0 Å². The maximum Gasteiger partial charge on any atom is 0.254 e. The average Bonchev–Trinajstić information content (AvgIpc) is 2.93. The molecule has 1 aliphatic heterocycles. The van der Waals surface area contributed by atoms with Crippen molar-refractivity contribution in [3.8, 4) is 0 Å². The third-order valence-electron chi connectivity index (χ3n) is 4.13. The summed E-state index contributed by atoms with van der Waals surface area (Å²) >= 11 is 0. The first kappa shape index (κ1) is 14.3. The lowest BCUT2D eigenvalue weighted by molar-refractivity contribution is 0.369. The van der Waals surface area contributed by atoms with Crippen LogP contribution in [0.4, 0.5) is 5.82 Å². The second-order valence-corrected chi connectivity index (χ2v) is 6.19. The Hall–Kier alpha value is -1.69. The molecular weight excluding hydrogens is 264 g/mol. The fourth-order valence-electron chi connectivity index (χ4n) is 3.04. The third-order valence-corrected chi connectivity index (χ3v) is 4.13. The Morgan fingerprint density at radius 3 is 3.05 bits per heavy atom. The predicted octanol–water partition coefficient (Wildman–Crippen LogP) is 1.65. The van der Waals surface area contributed by atoms with E-state index >= 15 is 0 Å². The summed E-state index contributed by atoms with van der Waals surface area (Å²) in [6, 6.07) is 2.53. The van der Waals surface area contributed by atoms with Crippen LogP contribution in [0, 0.1) is 12.8 Å². The summed E-state index contributed by atoms with van der Waals surface area (Å²) in [5, 5.41) is 7.84. The van der Waals surface area contributed by atoms with Crippen LogP contribution in [0.1, 0.15) is 32.4 Å². The van der Waals surface area contributed by atoms with E-state index in [9.17, 15) is 0 Å². The van der Waals surface area contributed by atoms with E-state index in [1.807, 2.05) is 11.4 Å². The van der Waals surface area contributed by atoms with Crippen LogP contribution in [0.3, 0.4) is 0 Å². The molecule has 1 unspecified atom stereocenters. The van der Waals surface area contributed by atoms with Gasteiger partial charge in [0.2, 0.25) is 0 Å². The minimum atomic E-state index is 0.418. The van der Waals surface area contributed by atoms with Gasteiger partial charge in [-0.15, -0.1) is 0 Å². The second kappa shape index (κ2) is 5.97. The molecule has 1 fully saturated rings. The van der Waals surface area contributed by atoms with Crippen molar-refractivity contribution < 1.29 is 0 Å². The van der Waals surface area contributed by atoms with Crippen molar-refractivity contribution in [2.45, 2.75) is 39.7 Å². The van der Waals surface area contributed by atoms with Gasteiger partial charge in [-0.2, -0.15) is 14.6 Å². The maximum absolute atomic E-state index is 4.44. The first-order valence-corrected chi connectivity index (χ1v) is 7.80. The summed E-state index contributed by atoms with van der Waals surface area (Å²) in [6.07, 6.45) is 4.14. The summed E-state index contributed by atoms with van der Waals surface area (Å²) in [6.45, 7) is 9.78. The Morgan fingerprint density at radius 2 is 2.33 bits per heavy atom. The van der Waals surface area contributed by atoms with Crippen molar-refractivity contribution >= 4 is 11.6 Å². The number of nitrogens with zero attached hydrogens (tertiary/aromatic N) is 5. The molecule has 3 rings (SSSR count). The molecule has 2 aromatic rings. The number of fused-ring (bicyclic) bond motifs is 1. The van der Waals surface area contributed by atoms with Gasteiger partial charge in [-0.3, -0.25) is 0 Å². The topological polar surface area (TPSA) is 58.4 Å². The zero-order valence-electron chi connectivity index (χ0n) is 13.1. The number of hydrogen-bond donors (Lipinski definition) is 1. The van der Waals surface area contributed by atoms with Gasteiger partial charge in [-0.05, 0) is 52.6 Å². The molecule has 1 N–H and O–H groups in total. The van der Waals surface area contributed by atoms with E-state index in [1.54, 1.807) is 6.33 Å². The Kier molecular flexibility index (Phi) is 4.05. The van der Waals surface area contributed by atoms with Crippen LogP contribution in [0.15, 0.2) is 12.4 Å². The molecule has 0 aromatic carbocycles. The zero-order valence-corrected chi connectivity index (χ0v) is 13.1. The first-order valence-electron chi connectivity index (χ1n) is 7.80. The standard InChI is InChI=1S/C15H24N6/c1-11(2)20(9-13-5-4-6-16-8-13)14-7-12(3)19-15-17-10-18-21(14)15/h7,10-11,13,16H,4-6,8-9H2,1-3H3. The Bertz CT molecular complexity index is 599. The van der Waals surface area contributed by atoms with Gasteiger partial charge in [-0.25, -0.2) is 4.98 Å². The van der Waals surface area contributed by atoms with Crippen LogP contribution < -0.4 is 10.2 Å². The molecule has 114 valence electrons. The number of rotatable bonds is 4. The second-order valence-electron chi connectivity index (χ2n) is 6.19. The number of aryl methyl sites for hydroxylation is 1. The molecule has 1 saturated heterocycles. The van der Waals surface area contributed by atoms with Crippen molar-refractivity contribution in [1.82, 2.24) is 24.9 Å². The minimum Gasteiger partial charge on any atom is -0.354 e. The Morgan fingerprint density at radius 1 is 1.48 bits per heavy atom. The van der Waals surface area contributed by atoms with E-state index in [0.717, 1.165) is 31.1 Å². The summed E-state index contributed by atoms with van der Waals surface area (Å²) in [7, 11) is 0. The molecule has 21 heavy (non-hydrogen) atoms. The van der Waals surface area contributed by atoms with Gasteiger partial charge >= 0.3 is 0 Å². The third kappa shape index (κ3) is 3.00. The molecule has 6 nitrogen and oxygen atoms in total. The van der Waals surface area contributed by atoms with Gasteiger partial charge in [0.1, 0.15) is 12.1 Å².